The zero-order valence-corrected chi connectivity index (χ0v) is 11.8. The van der Waals surface area contributed by atoms with Crippen molar-refractivity contribution in [2.24, 2.45) is 5.73 Å². The predicted molar refractivity (Wildman–Crippen MR) is 83.5 cm³/mol. The molecule has 1 unspecified atom stereocenters. The van der Waals surface area contributed by atoms with Crippen molar-refractivity contribution in [2.45, 2.75) is 31.3 Å². The summed E-state index contributed by atoms with van der Waals surface area (Å²) in [6, 6.07) is 19.7. The van der Waals surface area contributed by atoms with Gasteiger partial charge in [0.15, 0.2) is 0 Å². The standard InChI is InChI=1S/C18H22N2/c19-12-18(20-13-14-4-2-1-3-5-14)17-10-8-16(9-11-17)15-6-7-15/h1-5,8-11,15,18,20H,6-7,12-13,19H2. The van der Waals surface area contributed by atoms with E-state index < -0.39 is 0 Å². The van der Waals surface area contributed by atoms with Gasteiger partial charge in [-0.15, -0.1) is 0 Å². The number of nitrogens with one attached hydrogen (secondary N) is 1. The van der Waals surface area contributed by atoms with Gasteiger partial charge in [0.25, 0.3) is 0 Å². The summed E-state index contributed by atoms with van der Waals surface area (Å²) >= 11 is 0. The topological polar surface area (TPSA) is 38.0 Å². The van der Waals surface area contributed by atoms with Gasteiger partial charge in [0.2, 0.25) is 0 Å². The molecule has 1 aliphatic rings. The van der Waals surface area contributed by atoms with E-state index >= 15 is 0 Å². The summed E-state index contributed by atoms with van der Waals surface area (Å²) in [5.41, 5.74) is 9.97. The minimum atomic E-state index is 0.225. The Labute approximate surface area is 121 Å². The summed E-state index contributed by atoms with van der Waals surface area (Å²) < 4.78 is 0. The van der Waals surface area contributed by atoms with Gasteiger partial charge in [-0.05, 0) is 35.4 Å². The summed E-state index contributed by atoms with van der Waals surface area (Å²) in [6.45, 7) is 1.47. The highest BCUT2D eigenvalue weighted by Gasteiger charge is 2.23. The third-order valence-corrected chi connectivity index (χ3v) is 4.02. The van der Waals surface area contributed by atoms with E-state index in [1.165, 1.54) is 29.5 Å². The Balaban J connectivity index is 1.63. The Morgan fingerprint density at radius 3 is 2.30 bits per heavy atom. The fourth-order valence-corrected chi connectivity index (χ4v) is 2.59. The molecule has 0 bridgehead atoms. The summed E-state index contributed by atoms with van der Waals surface area (Å²) in [6.07, 6.45) is 2.71. The molecule has 1 saturated carbocycles. The molecule has 0 saturated heterocycles. The van der Waals surface area contributed by atoms with E-state index in [9.17, 15) is 0 Å². The van der Waals surface area contributed by atoms with Crippen LogP contribution in [0.1, 0.15) is 41.5 Å². The molecule has 20 heavy (non-hydrogen) atoms. The van der Waals surface area contributed by atoms with Crippen molar-refractivity contribution in [2.75, 3.05) is 6.54 Å². The van der Waals surface area contributed by atoms with E-state index in [1.54, 1.807) is 0 Å². The Morgan fingerprint density at radius 2 is 1.70 bits per heavy atom. The van der Waals surface area contributed by atoms with Crippen LogP contribution in [0.3, 0.4) is 0 Å². The second-order valence-electron chi connectivity index (χ2n) is 5.60. The second-order valence-corrected chi connectivity index (χ2v) is 5.60. The van der Waals surface area contributed by atoms with Gasteiger partial charge in [-0.1, -0.05) is 54.6 Å². The molecule has 0 aliphatic heterocycles. The van der Waals surface area contributed by atoms with Gasteiger partial charge in [0, 0.05) is 19.1 Å². The summed E-state index contributed by atoms with van der Waals surface area (Å²) in [5, 5.41) is 3.54. The maximum absolute atomic E-state index is 5.92. The smallest absolute Gasteiger partial charge is 0.0447 e. The predicted octanol–water partition coefficient (Wildman–Crippen LogP) is 3.35. The lowest BCUT2D eigenvalue weighted by Gasteiger charge is -2.18. The van der Waals surface area contributed by atoms with E-state index in [4.69, 9.17) is 5.73 Å². The third kappa shape index (κ3) is 3.27. The summed E-state index contributed by atoms with van der Waals surface area (Å²) in [7, 11) is 0. The Kier molecular flexibility index (Phi) is 4.14. The van der Waals surface area contributed by atoms with E-state index in [2.05, 4.69) is 53.8 Å². The molecule has 0 amide bonds. The largest absolute Gasteiger partial charge is 0.329 e. The van der Waals surface area contributed by atoms with Crippen molar-refractivity contribution in [1.29, 1.82) is 0 Å². The van der Waals surface area contributed by atoms with Crippen molar-refractivity contribution in [3.05, 3.63) is 71.3 Å². The van der Waals surface area contributed by atoms with Crippen molar-refractivity contribution in [3.63, 3.8) is 0 Å². The highest BCUT2D eigenvalue weighted by atomic mass is 14.9. The quantitative estimate of drug-likeness (QED) is 0.841. The normalized spacial score (nSPS) is 16.1. The van der Waals surface area contributed by atoms with Crippen LogP contribution in [0.15, 0.2) is 54.6 Å². The molecule has 0 heterocycles. The molecule has 1 atom stereocenters. The first-order valence-corrected chi connectivity index (χ1v) is 7.44. The molecule has 3 N–H and O–H groups in total. The fraction of sp³-hybridized carbons (Fsp3) is 0.333. The van der Waals surface area contributed by atoms with Gasteiger partial charge in [0.05, 0.1) is 0 Å². The molecule has 104 valence electrons. The van der Waals surface area contributed by atoms with Crippen LogP contribution in [-0.4, -0.2) is 6.54 Å². The average molecular weight is 266 g/mol. The molecule has 0 spiro atoms. The lowest BCUT2D eigenvalue weighted by atomic mass is 10.0. The number of hydrogen-bond acceptors (Lipinski definition) is 2. The lowest BCUT2D eigenvalue weighted by Crippen LogP contribution is -2.27. The highest BCUT2D eigenvalue weighted by Crippen LogP contribution is 2.40. The molecule has 0 radical (unpaired) electrons. The molecule has 2 aromatic rings. The Hall–Kier alpha value is -1.64. The number of rotatable bonds is 6. The number of hydrogen-bond donors (Lipinski definition) is 2. The Bertz CT molecular complexity index is 529. The van der Waals surface area contributed by atoms with Gasteiger partial charge in [-0.25, -0.2) is 0 Å². The SMILES string of the molecule is NCC(NCc1ccccc1)c1ccc(C2CC2)cc1. The molecular formula is C18H22N2. The summed E-state index contributed by atoms with van der Waals surface area (Å²) in [4.78, 5) is 0. The van der Waals surface area contributed by atoms with Gasteiger partial charge < -0.3 is 11.1 Å². The Morgan fingerprint density at radius 1 is 1.00 bits per heavy atom. The fourth-order valence-electron chi connectivity index (χ4n) is 2.59. The monoisotopic (exact) mass is 266 g/mol. The number of nitrogens with two attached hydrogens (primary N) is 1. The van der Waals surface area contributed by atoms with Gasteiger partial charge in [0.1, 0.15) is 0 Å². The molecule has 2 heteroatoms. The van der Waals surface area contributed by atoms with Crippen molar-refractivity contribution >= 4 is 0 Å². The van der Waals surface area contributed by atoms with Crippen LogP contribution in [0, 0.1) is 0 Å². The minimum absolute atomic E-state index is 0.225. The first-order valence-electron chi connectivity index (χ1n) is 7.44. The van der Waals surface area contributed by atoms with Crippen LogP contribution in [0.25, 0.3) is 0 Å². The van der Waals surface area contributed by atoms with Crippen LogP contribution in [0.2, 0.25) is 0 Å². The van der Waals surface area contributed by atoms with E-state index in [0.29, 0.717) is 6.54 Å². The van der Waals surface area contributed by atoms with Crippen LogP contribution >= 0.6 is 0 Å². The van der Waals surface area contributed by atoms with Crippen LogP contribution in [-0.2, 0) is 6.54 Å². The zero-order chi connectivity index (χ0) is 13.8. The minimum Gasteiger partial charge on any atom is -0.329 e. The lowest BCUT2D eigenvalue weighted by molar-refractivity contribution is 0.542. The van der Waals surface area contributed by atoms with Crippen LogP contribution < -0.4 is 11.1 Å². The van der Waals surface area contributed by atoms with Crippen molar-refractivity contribution < 1.29 is 0 Å². The molecule has 3 rings (SSSR count). The first kappa shape index (κ1) is 13.3. The molecule has 1 aliphatic carbocycles. The third-order valence-electron chi connectivity index (χ3n) is 4.02. The maximum atomic E-state index is 5.92. The molecule has 1 fully saturated rings. The van der Waals surface area contributed by atoms with Crippen LogP contribution in [0.4, 0.5) is 0 Å². The molecule has 2 nitrogen and oxygen atoms in total. The summed E-state index contributed by atoms with van der Waals surface area (Å²) in [5.74, 6) is 0.817. The van der Waals surface area contributed by atoms with E-state index in [-0.39, 0.29) is 6.04 Å². The first-order chi connectivity index (χ1) is 9.86. The second kappa shape index (κ2) is 6.21. The van der Waals surface area contributed by atoms with Gasteiger partial charge in [-0.2, -0.15) is 0 Å². The van der Waals surface area contributed by atoms with Gasteiger partial charge >= 0.3 is 0 Å². The maximum Gasteiger partial charge on any atom is 0.0447 e. The van der Waals surface area contributed by atoms with E-state index in [1.807, 2.05) is 6.07 Å². The number of benzene rings is 2. The molecule has 0 aromatic heterocycles. The molecular weight excluding hydrogens is 244 g/mol. The van der Waals surface area contributed by atoms with Crippen molar-refractivity contribution in [1.82, 2.24) is 5.32 Å². The van der Waals surface area contributed by atoms with Crippen LogP contribution in [0.5, 0.6) is 0 Å². The highest BCUT2D eigenvalue weighted by molar-refractivity contribution is 5.30. The van der Waals surface area contributed by atoms with E-state index in [0.717, 1.165) is 12.5 Å². The molecule has 2 aromatic carbocycles. The zero-order valence-electron chi connectivity index (χ0n) is 11.8. The van der Waals surface area contributed by atoms with Gasteiger partial charge in [-0.3, -0.25) is 0 Å². The van der Waals surface area contributed by atoms with Crippen molar-refractivity contribution in [3.8, 4) is 0 Å². The average Bonchev–Trinajstić information content (AvgIpc) is 3.34.